The number of imidazole rings is 1. The number of aromatic nitrogens is 3. The molecule has 4 unspecified atom stereocenters. The van der Waals surface area contributed by atoms with Crippen molar-refractivity contribution in [1.29, 1.82) is 0 Å². The van der Waals surface area contributed by atoms with Gasteiger partial charge in [-0.2, -0.15) is 4.98 Å². The molecule has 3 N–H and O–H groups in total. The summed E-state index contributed by atoms with van der Waals surface area (Å²) in [5.74, 6) is 0.253. The van der Waals surface area contributed by atoms with E-state index in [1.165, 1.54) is 18.0 Å². The molecule has 3 heterocycles. The second-order valence-electron chi connectivity index (χ2n) is 4.70. The molecule has 9 heteroatoms. The topological polar surface area (TPSA) is 110 Å². The number of pyridine rings is 1. The summed E-state index contributed by atoms with van der Waals surface area (Å²) in [5.41, 5.74) is 1.00. The third-order valence-corrected chi connectivity index (χ3v) is 3.68. The molecule has 0 bridgehead atoms. The molecule has 1 fully saturated rings. The third-order valence-electron chi connectivity index (χ3n) is 3.48. The molecule has 21 heavy (non-hydrogen) atoms. The standard InChI is InChI=1S/C12H14ClN3O5/c1-20-11-8-5(2-7(13)15-11)16(4-14-8)12-10(19)9(18)6(3-17)21-12/h2,4,6,9-10,12,17-19H,3H2,1H3. The summed E-state index contributed by atoms with van der Waals surface area (Å²) >= 11 is 5.93. The van der Waals surface area contributed by atoms with Crippen molar-refractivity contribution in [1.82, 2.24) is 14.5 Å². The maximum atomic E-state index is 10.1. The Morgan fingerprint density at radius 3 is 2.81 bits per heavy atom. The molecule has 2 aromatic rings. The highest BCUT2D eigenvalue weighted by atomic mass is 35.5. The van der Waals surface area contributed by atoms with Crippen LogP contribution < -0.4 is 4.74 Å². The quantitative estimate of drug-likeness (QED) is 0.667. The molecular weight excluding hydrogens is 302 g/mol. The first kappa shape index (κ1) is 14.5. The molecule has 0 spiro atoms. The summed E-state index contributed by atoms with van der Waals surface area (Å²) in [6, 6.07) is 1.56. The molecule has 0 aromatic carbocycles. The van der Waals surface area contributed by atoms with Crippen molar-refractivity contribution in [3.05, 3.63) is 17.5 Å². The number of ether oxygens (including phenoxy) is 2. The van der Waals surface area contributed by atoms with Crippen LogP contribution in [-0.4, -0.2) is 61.9 Å². The number of halogens is 1. The second-order valence-corrected chi connectivity index (χ2v) is 5.09. The van der Waals surface area contributed by atoms with Crippen LogP contribution in [0.3, 0.4) is 0 Å². The zero-order valence-electron chi connectivity index (χ0n) is 11.0. The summed E-state index contributed by atoms with van der Waals surface area (Å²) in [7, 11) is 1.45. The molecule has 3 rings (SSSR count). The molecule has 2 aromatic heterocycles. The van der Waals surface area contributed by atoms with Crippen LogP contribution in [0.1, 0.15) is 6.23 Å². The van der Waals surface area contributed by atoms with E-state index >= 15 is 0 Å². The van der Waals surface area contributed by atoms with Crippen molar-refractivity contribution in [3.8, 4) is 5.88 Å². The molecule has 1 aliphatic rings. The number of nitrogens with zero attached hydrogens (tertiary/aromatic N) is 3. The van der Waals surface area contributed by atoms with E-state index in [1.54, 1.807) is 6.07 Å². The minimum Gasteiger partial charge on any atom is -0.479 e. The van der Waals surface area contributed by atoms with Gasteiger partial charge in [0, 0.05) is 6.07 Å². The van der Waals surface area contributed by atoms with Crippen LogP contribution in [0.4, 0.5) is 0 Å². The number of rotatable bonds is 3. The Morgan fingerprint density at radius 2 is 2.19 bits per heavy atom. The third kappa shape index (κ3) is 2.25. The fourth-order valence-corrected chi connectivity index (χ4v) is 2.61. The van der Waals surface area contributed by atoms with Crippen LogP contribution in [0.5, 0.6) is 5.88 Å². The van der Waals surface area contributed by atoms with Crippen LogP contribution >= 0.6 is 11.6 Å². The molecule has 0 radical (unpaired) electrons. The Hall–Kier alpha value is -1.45. The van der Waals surface area contributed by atoms with Gasteiger partial charge in [-0.1, -0.05) is 11.6 Å². The normalized spacial score (nSPS) is 29.2. The minimum atomic E-state index is -1.20. The van der Waals surface area contributed by atoms with E-state index in [-0.39, 0.29) is 11.0 Å². The molecule has 0 aliphatic carbocycles. The molecule has 0 saturated carbocycles. The monoisotopic (exact) mass is 315 g/mol. The highest BCUT2D eigenvalue weighted by molar-refractivity contribution is 6.30. The maximum absolute atomic E-state index is 10.1. The zero-order valence-corrected chi connectivity index (χ0v) is 11.8. The first-order valence-electron chi connectivity index (χ1n) is 6.26. The van der Waals surface area contributed by atoms with E-state index in [0.29, 0.717) is 11.0 Å². The van der Waals surface area contributed by atoms with Gasteiger partial charge in [0.25, 0.3) is 0 Å². The minimum absolute atomic E-state index is 0.202. The molecule has 114 valence electrons. The summed E-state index contributed by atoms with van der Waals surface area (Å²) in [6.07, 6.45) is -2.69. The summed E-state index contributed by atoms with van der Waals surface area (Å²) in [4.78, 5) is 8.17. The average Bonchev–Trinajstić information content (AvgIpc) is 3.01. The van der Waals surface area contributed by atoms with Gasteiger partial charge in [0.1, 0.15) is 23.5 Å². The number of hydrogen-bond donors (Lipinski definition) is 3. The van der Waals surface area contributed by atoms with Crippen molar-refractivity contribution in [2.75, 3.05) is 13.7 Å². The number of fused-ring (bicyclic) bond motifs is 1. The highest BCUT2D eigenvalue weighted by Crippen LogP contribution is 2.34. The Balaban J connectivity index is 2.07. The lowest BCUT2D eigenvalue weighted by molar-refractivity contribution is -0.0508. The molecule has 0 amide bonds. The number of hydrogen-bond acceptors (Lipinski definition) is 7. The Morgan fingerprint density at radius 1 is 1.43 bits per heavy atom. The predicted molar refractivity (Wildman–Crippen MR) is 72.1 cm³/mol. The lowest BCUT2D eigenvalue weighted by Crippen LogP contribution is -2.33. The van der Waals surface area contributed by atoms with Gasteiger partial charge in [-0.25, -0.2) is 4.98 Å². The van der Waals surface area contributed by atoms with Gasteiger partial charge in [0.2, 0.25) is 5.88 Å². The molecule has 1 aliphatic heterocycles. The van der Waals surface area contributed by atoms with Crippen molar-refractivity contribution < 1.29 is 24.8 Å². The SMILES string of the molecule is COc1nc(Cl)cc2c1ncn2C1OC(CO)C(O)C1O. The van der Waals surface area contributed by atoms with E-state index in [4.69, 9.17) is 26.2 Å². The van der Waals surface area contributed by atoms with E-state index in [0.717, 1.165) is 0 Å². The van der Waals surface area contributed by atoms with Crippen LogP contribution in [0.15, 0.2) is 12.4 Å². The maximum Gasteiger partial charge on any atom is 0.243 e. The number of aliphatic hydroxyl groups is 3. The summed E-state index contributed by atoms with van der Waals surface area (Å²) in [6.45, 7) is -0.396. The lowest BCUT2D eigenvalue weighted by atomic mass is 10.1. The van der Waals surface area contributed by atoms with E-state index in [2.05, 4.69) is 9.97 Å². The van der Waals surface area contributed by atoms with Crippen LogP contribution in [-0.2, 0) is 4.74 Å². The van der Waals surface area contributed by atoms with Crippen LogP contribution in [0, 0.1) is 0 Å². The first-order chi connectivity index (χ1) is 10.1. The van der Waals surface area contributed by atoms with E-state index in [1.807, 2.05) is 0 Å². The molecule has 1 saturated heterocycles. The van der Waals surface area contributed by atoms with Gasteiger partial charge in [-0.05, 0) is 0 Å². The Labute approximate surface area is 124 Å². The van der Waals surface area contributed by atoms with E-state index in [9.17, 15) is 10.2 Å². The fourth-order valence-electron chi connectivity index (χ4n) is 2.43. The van der Waals surface area contributed by atoms with Crippen LogP contribution in [0.25, 0.3) is 11.0 Å². The number of methoxy groups -OCH3 is 1. The van der Waals surface area contributed by atoms with Crippen molar-refractivity contribution in [2.45, 2.75) is 24.5 Å². The lowest BCUT2D eigenvalue weighted by Gasteiger charge is -2.17. The molecular formula is C12H14ClN3O5. The fraction of sp³-hybridized carbons (Fsp3) is 0.500. The van der Waals surface area contributed by atoms with Crippen molar-refractivity contribution in [3.63, 3.8) is 0 Å². The smallest absolute Gasteiger partial charge is 0.243 e. The highest BCUT2D eigenvalue weighted by Gasteiger charge is 2.43. The van der Waals surface area contributed by atoms with Gasteiger partial charge in [0.15, 0.2) is 11.7 Å². The Bertz CT molecular complexity index is 664. The summed E-state index contributed by atoms with van der Waals surface area (Å²) in [5, 5.41) is 29.2. The average molecular weight is 316 g/mol. The molecule has 8 nitrogen and oxygen atoms in total. The Kier molecular flexibility index (Phi) is 3.72. The molecule has 4 atom stereocenters. The van der Waals surface area contributed by atoms with E-state index < -0.39 is 31.1 Å². The van der Waals surface area contributed by atoms with Crippen LogP contribution in [0.2, 0.25) is 5.15 Å². The van der Waals surface area contributed by atoms with Gasteiger partial charge >= 0.3 is 0 Å². The van der Waals surface area contributed by atoms with Crippen molar-refractivity contribution in [2.24, 2.45) is 0 Å². The van der Waals surface area contributed by atoms with Gasteiger partial charge in [-0.3, -0.25) is 0 Å². The van der Waals surface area contributed by atoms with Gasteiger partial charge in [0.05, 0.1) is 25.6 Å². The number of aliphatic hydroxyl groups excluding tert-OH is 3. The first-order valence-corrected chi connectivity index (χ1v) is 6.64. The largest absolute Gasteiger partial charge is 0.479 e. The van der Waals surface area contributed by atoms with Gasteiger partial charge in [-0.15, -0.1) is 0 Å². The van der Waals surface area contributed by atoms with Gasteiger partial charge < -0.3 is 29.4 Å². The zero-order chi connectivity index (χ0) is 15.1. The second kappa shape index (κ2) is 5.39. The predicted octanol–water partition coefficient (Wildman–Crippen LogP) is -0.295. The summed E-state index contributed by atoms with van der Waals surface area (Å²) < 4.78 is 12.1. The van der Waals surface area contributed by atoms with Crippen molar-refractivity contribution >= 4 is 22.6 Å².